The van der Waals surface area contributed by atoms with Gasteiger partial charge in [0, 0.05) is 18.5 Å². The molecule has 0 saturated heterocycles. The van der Waals surface area contributed by atoms with Crippen LogP contribution in [0.1, 0.15) is 11.1 Å². The summed E-state index contributed by atoms with van der Waals surface area (Å²) in [6.07, 6.45) is 8.65. The lowest BCUT2D eigenvalue weighted by Crippen LogP contribution is -2.09. The lowest BCUT2D eigenvalue weighted by atomic mass is 10.2. The van der Waals surface area contributed by atoms with Gasteiger partial charge in [-0.3, -0.25) is 4.79 Å². The summed E-state index contributed by atoms with van der Waals surface area (Å²) in [5, 5.41) is 5.86. The van der Waals surface area contributed by atoms with Gasteiger partial charge in [0.05, 0.1) is 11.4 Å². The highest BCUT2D eigenvalue weighted by Crippen LogP contribution is 2.16. The second kappa shape index (κ2) is 9.01. The summed E-state index contributed by atoms with van der Waals surface area (Å²) in [5.74, 6) is 0.474. The average molecular weight is 356 g/mol. The maximum Gasteiger partial charge on any atom is 0.248 e. The quantitative estimate of drug-likeness (QED) is 0.452. The van der Waals surface area contributed by atoms with Gasteiger partial charge in [-0.05, 0) is 47.5 Å². The summed E-state index contributed by atoms with van der Waals surface area (Å²) < 4.78 is 0. The van der Waals surface area contributed by atoms with E-state index in [0.29, 0.717) is 11.4 Å². The zero-order valence-corrected chi connectivity index (χ0v) is 14.7. The molecule has 0 aliphatic carbocycles. The topological polar surface area (TPSA) is 80.0 Å². The number of carbonyl (C=O) groups is 1. The minimum absolute atomic E-state index is 0.249. The van der Waals surface area contributed by atoms with E-state index in [9.17, 15) is 4.79 Å². The first-order chi connectivity index (χ1) is 13.2. The third-order valence-corrected chi connectivity index (χ3v) is 3.74. The van der Waals surface area contributed by atoms with E-state index in [0.717, 1.165) is 16.9 Å². The number of nitrogen functional groups attached to an aromatic ring is 1. The number of pyridine rings is 1. The van der Waals surface area contributed by atoms with Crippen molar-refractivity contribution >= 4 is 35.3 Å². The molecule has 0 unspecified atom stereocenters. The molecule has 4 N–H and O–H groups in total. The Morgan fingerprint density at radius 3 is 2.41 bits per heavy atom. The number of nitrogens with one attached hydrogen (secondary N) is 2. The molecule has 0 fully saturated rings. The van der Waals surface area contributed by atoms with Crippen molar-refractivity contribution in [1.29, 1.82) is 0 Å². The first kappa shape index (κ1) is 17.9. The Kier molecular flexibility index (Phi) is 5.99. The van der Waals surface area contributed by atoms with Gasteiger partial charge in [-0.25, -0.2) is 4.98 Å². The maximum atomic E-state index is 12.0. The number of nitrogens with two attached hydrogens (primary N) is 1. The zero-order valence-electron chi connectivity index (χ0n) is 14.7. The number of aromatic nitrogens is 1. The van der Waals surface area contributed by atoms with Crippen LogP contribution in [0.2, 0.25) is 0 Å². The molecule has 1 amide bonds. The van der Waals surface area contributed by atoms with Gasteiger partial charge in [0.25, 0.3) is 0 Å². The van der Waals surface area contributed by atoms with Crippen molar-refractivity contribution in [3.63, 3.8) is 0 Å². The molecule has 5 heteroatoms. The molecule has 3 rings (SSSR count). The number of rotatable bonds is 6. The monoisotopic (exact) mass is 356 g/mol. The Morgan fingerprint density at radius 2 is 1.67 bits per heavy atom. The standard InChI is InChI=1S/C22H20N4O/c23-19-8-4-5-9-20(19)26-22(27)13-11-18-10-12-21(25-16-18)24-15-14-17-6-2-1-3-7-17/h1-16H,23H2,(H,24,25)(H,26,27). The van der Waals surface area contributed by atoms with Crippen LogP contribution in [-0.4, -0.2) is 10.9 Å². The van der Waals surface area contributed by atoms with Crippen molar-refractivity contribution in [1.82, 2.24) is 4.98 Å². The van der Waals surface area contributed by atoms with Crippen molar-refractivity contribution in [3.8, 4) is 0 Å². The first-order valence-corrected chi connectivity index (χ1v) is 8.48. The first-order valence-electron chi connectivity index (χ1n) is 8.48. The molecule has 2 aromatic carbocycles. The Balaban J connectivity index is 1.54. The van der Waals surface area contributed by atoms with Crippen LogP contribution in [0, 0.1) is 0 Å². The fraction of sp³-hybridized carbons (Fsp3) is 0. The highest BCUT2D eigenvalue weighted by atomic mass is 16.1. The molecule has 0 spiro atoms. The molecule has 1 aromatic heterocycles. The van der Waals surface area contributed by atoms with Crippen LogP contribution in [0.5, 0.6) is 0 Å². The molecule has 0 radical (unpaired) electrons. The van der Waals surface area contributed by atoms with Crippen molar-refractivity contribution in [2.75, 3.05) is 16.4 Å². The molecule has 134 valence electrons. The number of nitrogens with zero attached hydrogens (tertiary/aromatic N) is 1. The predicted octanol–water partition coefficient (Wildman–Crippen LogP) is 4.40. The van der Waals surface area contributed by atoms with E-state index in [4.69, 9.17) is 5.73 Å². The average Bonchev–Trinajstić information content (AvgIpc) is 2.70. The van der Waals surface area contributed by atoms with Gasteiger partial charge in [-0.15, -0.1) is 0 Å². The fourth-order valence-corrected chi connectivity index (χ4v) is 2.33. The van der Waals surface area contributed by atoms with Crippen molar-refractivity contribution < 1.29 is 4.79 Å². The second-order valence-corrected chi connectivity index (χ2v) is 5.77. The van der Waals surface area contributed by atoms with E-state index in [1.165, 1.54) is 6.08 Å². The Morgan fingerprint density at radius 1 is 0.889 bits per heavy atom. The molecular weight excluding hydrogens is 336 g/mol. The largest absolute Gasteiger partial charge is 0.397 e. The second-order valence-electron chi connectivity index (χ2n) is 5.77. The fourth-order valence-electron chi connectivity index (χ4n) is 2.33. The number of carbonyl (C=O) groups excluding carboxylic acids is 1. The van der Waals surface area contributed by atoms with Crippen molar-refractivity contribution in [3.05, 3.63) is 96.3 Å². The molecule has 0 aliphatic heterocycles. The highest BCUT2D eigenvalue weighted by Gasteiger charge is 2.01. The van der Waals surface area contributed by atoms with Gasteiger partial charge in [0.1, 0.15) is 5.82 Å². The van der Waals surface area contributed by atoms with E-state index < -0.39 is 0 Å². The van der Waals surface area contributed by atoms with Gasteiger partial charge in [-0.2, -0.15) is 0 Å². The van der Waals surface area contributed by atoms with Crippen molar-refractivity contribution in [2.24, 2.45) is 0 Å². The van der Waals surface area contributed by atoms with Crippen LogP contribution >= 0.6 is 0 Å². The minimum atomic E-state index is -0.249. The molecule has 3 aromatic rings. The molecule has 0 aliphatic rings. The summed E-state index contributed by atoms with van der Waals surface area (Å²) in [5.41, 5.74) is 8.86. The van der Waals surface area contributed by atoms with E-state index >= 15 is 0 Å². The third-order valence-electron chi connectivity index (χ3n) is 3.74. The zero-order chi connectivity index (χ0) is 18.9. The smallest absolute Gasteiger partial charge is 0.248 e. The summed E-state index contributed by atoms with van der Waals surface area (Å²) in [4.78, 5) is 16.3. The van der Waals surface area contributed by atoms with Gasteiger partial charge >= 0.3 is 0 Å². The SMILES string of the molecule is Nc1ccccc1NC(=O)C=Cc1ccc(NC=Cc2ccccc2)nc1. The number of anilines is 3. The number of hydrogen-bond acceptors (Lipinski definition) is 4. The molecule has 0 bridgehead atoms. The summed E-state index contributed by atoms with van der Waals surface area (Å²) >= 11 is 0. The van der Waals surface area contributed by atoms with Crippen LogP contribution in [0.4, 0.5) is 17.2 Å². The summed E-state index contributed by atoms with van der Waals surface area (Å²) in [7, 11) is 0. The molecular formula is C22H20N4O. The third kappa shape index (κ3) is 5.57. The van der Waals surface area contributed by atoms with Crippen LogP contribution in [-0.2, 0) is 4.79 Å². The number of hydrogen-bond donors (Lipinski definition) is 3. The van der Waals surface area contributed by atoms with Gasteiger partial charge in [-0.1, -0.05) is 42.5 Å². The molecule has 1 heterocycles. The lowest BCUT2D eigenvalue weighted by molar-refractivity contribution is -0.111. The van der Waals surface area contributed by atoms with Crippen LogP contribution < -0.4 is 16.4 Å². The molecule has 5 nitrogen and oxygen atoms in total. The van der Waals surface area contributed by atoms with E-state index in [-0.39, 0.29) is 5.91 Å². The normalized spacial score (nSPS) is 11.0. The number of amides is 1. The summed E-state index contributed by atoms with van der Waals surface area (Å²) in [6.45, 7) is 0. The summed E-state index contributed by atoms with van der Waals surface area (Å²) in [6, 6.07) is 20.9. The molecule has 27 heavy (non-hydrogen) atoms. The van der Waals surface area contributed by atoms with E-state index in [2.05, 4.69) is 15.6 Å². The van der Waals surface area contributed by atoms with E-state index in [1.54, 1.807) is 24.4 Å². The molecule has 0 saturated carbocycles. The van der Waals surface area contributed by atoms with Gasteiger partial charge in [0.2, 0.25) is 5.91 Å². The Labute approximate surface area is 158 Å². The highest BCUT2D eigenvalue weighted by molar-refractivity contribution is 6.03. The Bertz CT molecular complexity index is 948. The predicted molar refractivity (Wildman–Crippen MR) is 112 cm³/mol. The van der Waals surface area contributed by atoms with Crippen LogP contribution in [0.15, 0.2) is 85.2 Å². The number of para-hydroxylation sites is 2. The number of benzene rings is 2. The maximum absolute atomic E-state index is 12.0. The van der Waals surface area contributed by atoms with Crippen LogP contribution in [0.25, 0.3) is 12.2 Å². The lowest BCUT2D eigenvalue weighted by Gasteiger charge is -2.05. The Hall–Kier alpha value is -3.86. The van der Waals surface area contributed by atoms with Gasteiger partial charge in [0.15, 0.2) is 0 Å². The van der Waals surface area contributed by atoms with Crippen molar-refractivity contribution in [2.45, 2.75) is 0 Å². The molecule has 0 atom stereocenters. The van der Waals surface area contributed by atoms with E-state index in [1.807, 2.05) is 66.9 Å². The van der Waals surface area contributed by atoms with Crippen LogP contribution in [0.3, 0.4) is 0 Å². The van der Waals surface area contributed by atoms with Gasteiger partial charge < -0.3 is 16.4 Å². The minimum Gasteiger partial charge on any atom is -0.397 e.